The molecule has 2 N–H and O–H groups in total. The van der Waals surface area contributed by atoms with E-state index in [1.54, 1.807) is 0 Å². The molecule has 0 aliphatic rings. The summed E-state index contributed by atoms with van der Waals surface area (Å²) in [5.74, 6) is 0. The van der Waals surface area contributed by atoms with E-state index in [4.69, 9.17) is 18.8 Å². The molecule has 0 bridgehead atoms. The van der Waals surface area contributed by atoms with Gasteiger partial charge in [0.15, 0.2) is 0 Å². The van der Waals surface area contributed by atoms with Crippen LogP contribution in [0.1, 0.15) is 0 Å². The van der Waals surface area contributed by atoms with Gasteiger partial charge < -0.3 is 13.6 Å². The van der Waals surface area contributed by atoms with Gasteiger partial charge in [-0.15, -0.1) is 0 Å². The van der Waals surface area contributed by atoms with Crippen molar-refractivity contribution in [3.05, 3.63) is 13.6 Å². The second kappa shape index (κ2) is 18.8. The molecule has 0 aromatic heterocycles. The summed E-state index contributed by atoms with van der Waals surface area (Å²) in [5, 5.41) is 0. The van der Waals surface area contributed by atoms with E-state index in [2.05, 4.69) is 0 Å². The summed E-state index contributed by atoms with van der Waals surface area (Å²) in [6, 6.07) is 0. The van der Waals surface area contributed by atoms with Crippen LogP contribution in [0.3, 0.4) is 0 Å². The Kier molecular flexibility index (Phi) is 61.5. The topological polar surface area (TPSA) is 33.5 Å². The SMILES string of the molecule is [CH3-].[Cl][Pt+2][Cl].[NH2-]. The van der Waals surface area contributed by atoms with Gasteiger partial charge in [-0.2, -0.15) is 0 Å². The zero-order chi connectivity index (χ0) is 2.71. The van der Waals surface area contributed by atoms with Crippen molar-refractivity contribution >= 4 is 18.8 Å². The van der Waals surface area contributed by atoms with Gasteiger partial charge in [0.1, 0.15) is 0 Å². The molecule has 38 valence electrons. The average molecular weight is 297 g/mol. The quantitative estimate of drug-likeness (QED) is 0.616. The Bertz CT molecular complexity index is 9.61. The van der Waals surface area contributed by atoms with Gasteiger partial charge in [0.05, 0.1) is 0 Å². The van der Waals surface area contributed by atoms with Gasteiger partial charge in [0.2, 0.25) is 0 Å². The van der Waals surface area contributed by atoms with E-state index < -0.39 is 16.5 Å². The number of halogens is 2. The molecule has 0 fully saturated rings. The summed E-state index contributed by atoms with van der Waals surface area (Å²) in [6.07, 6.45) is 0. The van der Waals surface area contributed by atoms with Crippen LogP contribution in [-0.2, 0) is 16.5 Å². The third-order valence-corrected chi connectivity index (χ3v) is 0. The second-order valence-electron chi connectivity index (χ2n) is 0.0452. The summed E-state index contributed by atoms with van der Waals surface area (Å²) in [5.41, 5.74) is 0. The van der Waals surface area contributed by atoms with Gasteiger partial charge in [-0.25, -0.2) is 0 Å². The predicted octanol–water partition coefficient (Wildman–Crippen LogP) is 2.54. The molecule has 0 radical (unpaired) electrons. The van der Waals surface area contributed by atoms with Crippen LogP contribution in [0.15, 0.2) is 0 Å². The second-order valence-corrected chi connectivity index (χ2v) is 3.33. The Hall–Kier alpha value is 1.23. The number of hydrogen-bond donors (Lipinski definition) is 0. The van der Waals surface area contributed by atoms with Crippen LogP contribution in [0.25, 0.3) is 6.15 Å². The van der Waals surface area contributed by atoms with Crippen LogP contribution >= 0.6 is 18.8 Å². The fourth-order valence-electron chi connectivity index (χ4n) is 0. The molecule has 4 heteroatoms. The number of nitrogens with two attached hydrogens (primary N) is 1. The predicted molar refractivity (Wildman–Crippen MR) is 23.4 cm³/mol. The molecule has 0 aliphatic carbocycles. The average Bonchev–Trinajstić information content (AvgIpc) is 0.918. The first kappa shape index (κ1) is 16.3. The van der Waals surface area contributed by atoms with Crippen LogP contribution in [0.2, 0.25) is 0 Å². The minimum atomic E-state index is -0.472. The summed E-state index contributed by atoms with van der Waals surface area (Å²) in [6.45, 7) is 0. The maximum atomic E-state index is 4.88. The van der Waals surface area contributed by atoms with E-state index in [0.717, 1.165) is 0 Å². The van der Waals surface area contributed by atoms with Crippen molar-refractivity contribution in [3.8, 4) is 0 Å². The molecule has 0 aromatic carbocycles. The van der Waals surface area contributed by atoms with Crippen molar-refractivity contribution in [1.29, 1.82) is 0 Å². The maximum absolute atomic E-state index is 4.88. The molecule has 0 rings (SSSR count). The third-order valence-electron chi connectivity index (χ3n) is 0. The molecule has 0 aliphatic heterocycles. The number of rotatable bonds is 0. The summed E-state index contributed by atoms with van der Waals surface area (Å²) < 4.78 is 0. The van der Waals surface area contributed by atoms with Crippen molar-refractivity contribution in [2.75, 3.05) is 0 Å². The monoisotopic (exact) mass is 296 g/mol. The molecule has 0 unspecified atom stereocenters. The van der Waals surface area contributed by atoms with Gasteiger partial charge in [-0.05, 0) is 0 Å². The molecule has 5 heavy (non-hydrogen) atoms. The van der Waals surface area contributed by atoms with Crippen LogP contribution < -0.4 is 0 Å². The number of hydrogen-bond acceptors (Lipinski definition) is 0. The van der Waals surface area contributed by atoms with E-state index in [-0.39, 0.29) is 13.6 Å². The smallest absolute Gasteiger partial charge is 0.693 e. The van der Waals surface area contributed by atoms with Crippen molar-refractivity contribution < 1.29 is 16.5 Å². The summed E-state index contributed by atoms with van der Waals surface area (Å²) >= 11 is -0.472. The maximum Gasteiger partial charge on any atom is -0.693 e. The van der Waals surface area contributed by atoms with Gasteiger partial charge >= 0.3 is 35.3 Å². The van der Waals surface area contributed by atoms with Crippen molar-refractivity contribution in [2.24, 2.45) is 0 Å². The third kappa shape index (κ3) is 36.1. The van der Waals surface area contributed by atoms with Gasteiger partial charge in [-0.1, -0.05) is 0 Å². The van der Waals surface area contributed by atoms with Crippen molar-refractivity contribution in [2.45, 2.75) is 0 Å². The first-order chi connectivity index (χ1) is 1.41. The van der Waals surface area contributed by atoms with Crippen molar-refractivity contribution in [3.63, 3.8) is 0 Å². The van der Waals surface area contributed by atoms with Crippen LogP contribution in [0.5, 0.6) is 0 Å². The summed E-state index contributed by atoms with van der Waals surface area (Å²) in [7, 11) is 9.75. The normalized spacial score (nSPS) is 4.40. The largest absolute Gasteiger partial charge is 0.693 e. The van der Waals surface area contributed by atoms with Crippen molar-refractivity contribution in [1.82, 2.24) is 0 Å². The van der Waals surface area contributed by atoms with E-state index >= 15 is 0 Å². The van der Waals surface area contributed by atoms with Gasteiger partial charge in [0, 0.05) is 0 Å². The molecule has 0 heterocycles. The minimum Gasteiger partial charge on any atom is -0.693 e. The van der Waals surface area contributed by atoms with E-state index in [1.165, 1.54) is 0 Å². The fourth-order valence-corrected chi connectivity index (χ4v) is 0. The minimum absolute atomic E-state index is 0. The van der Waals surface area contributed by atoms with Crippen LogP contribution in [0, 0.1) is 7.43 Å². The molecule has 0 saturated carbocycles. The van der Waals surface area contributed by atoms with E-state index in [9.17, 15) is 0 Å². The first-order valence-electron chi connectivity index (χ1n) is 0.239. The molecule has 0 aromatic rings. The molecular formula is CH5Cl2NPt. The fraction of sp³-hybridized carbons (Fsp3) is 0. The zero-order valence-electron chi connectivity index (χ0n) is 2.65. The Labute approximate surface area is 49.0 Å². The van der Waals surface area contributed by atoms with E-state index in [0.29, 0.717) is 0 Å². The Balaban J connectivity index is -0.0000000200. The first-order valence-corrected chi connectivity index (χ1v) is 5.87. The van der Waals surface area contributed by atoms with Crippen LogP contribution in [0.4, 0.5) is 0 Å². The molecular weight excluding hydrogens is 292 g/mol. The van der Waals surface area contributed by atoms with Gasteiger partial charge in [-0.3, -0.25) is 0 Å². The molecule has 0 amide bonds. The zero-order valence-corrected chi connectivity index (χ0v) is 6.43. The molecule has 0 spiro atoms. The Morgan fingerprint density at radius 1 is 1.20 bits per heavy atom. The Morgan fingerprint density at radius 2 is 1.20 bits per heavy atom. The van der Waals surface area contributed by atoms with Crippen LogP contribution in [-0.4, -0.2) is 0 Å². The molecule has 0 saturated heterocycles. The molecule has 1 nitrogen and oxygen atoms in total. The Morgan fingerprint density at radius 3 is 1.20 bits per heavy atom. The standard InChI is InChI=1S/CH3.2ClH.H2N.Pt/h1H3;2*1H;1H2;/q-1;;;-1;+4/p-2. The van der Waals surface area contributed by atoms with Gasteiger partial charge in [0.25, 0.3) is 0 Å². The van der Waals surface area contributed by atoms with E-state index in [1.807, 2.05) is 0 Å². The molecule has 0 atom stereocenters. The summed E-state index contributed by atoms with van der Waals surface area (Å²) in [4.78, 5) is 0.